The molecule has 2 rings (SSSR count). The van der Waals surface area contributed by atoms with Gasteiger partial charge in [0.15, 0.2) is 0 Å². The number of nitrogens with zero attached hydrogens (tertiary/aromatic N) is 1. The first-order valence-electron chi connectivity index (χ1n) is 7.10. The summed E-state index contributed by atoms with van der Waals surface area (Å²) in [6.45, 7) is 6.87. The van der Waals surface area contributed by atoms with Gasteiger partial charge in [0.1, 0.15) is 0 Å². The highest BCUT2D eigenvalue weighted by molar-refractivity contribution is 6.07. The fourth-order valence-corrected chi connectivity index (χ4v) is 2.66. The Morgan fingerprint density at radius 2 is 2.09 bits per heavy atom. The third-order valence-electron chi connectivity index (χ3n) is 3.79. The summed E-state index contributed by atoms with van der Waals surface area (Å²) < 4.78 is 0. The largest absolute Gasteiger partial charge is 0.398 e. The number of nitrogens with two attached hydrogens (primary N) is 1. The third kappa shape index (κ3) is 2.83. The Bertz CT molecular complexity index is 693. The molecular weight excluding hydrogens is 298 g/mol. The SMILES string of the molecule is C=C(C)N(C(=O)c1c(C)cccc1N)C1(O)CCC(=O)NC1=O. The smallest absolute Gasteiger partial charge is 0.280 e. The molecule has 1 aromatic carbocycles. The number of nitrogen functional groups attached to an aromatic ring is 1. The van der Waals surface area contributed by atoms with Crippen molar-refractivity contribution in [2.45, 2.75) is 32.4 Å². The van der Waals surface area contributed by atoms with Crippen LogP contribution >= 0.6 is 0 Å². The molecule has 0 saturated carbocycles. The van der Waals surface area contributed by atoms with Crippen LogP contribution in [0, 0.1) is 6.92 Å². The van der Waals surface area contributed by atoms with E-state index in [2.05, 4.69) is 6.58 Å². The minimum Gasteiger partial charge on any atom is -0.398 e. The van der Waals surface area contributed by atoms with E-state index in [1.807, 2.05) is 5.32 Å². The number of nitrogens with one attached hydrogen (secondary N) is 1. The van der Waals surface area contributed by atoms with Gasteiger partial charge < -0.3 is 10.8 Å². The standard InChI is InChI=1S/C16H19N3O4/c1-9(2)19(16(23)8-7-12(20)18-15(16)22)14(21)13-10(3)5-4-6-11(13)17/h4-6,23H,1,7-8,17H2,2-3H3,(H,18,20,22). The van der Waals surface area contributed by atoms with Crippen LogP contribution < -0.4 is 11.1 Å². The van der Waals surface area contributed by atoms with Gasteiger partial charge in [-0.1, -0.05) is 18.7 Å². The summed E-state index contributed by atoms with van der Waals surface area (Å²) in [6.07, 6.45) is -0.287. The summed E-state index contributed by atoms with van der Waals surface area (Å²) in [5.74, 6) is -2.08. The van der Waals surface area contributed by atoms with Gasteiger partial charge in [0.05, 0.1) is 5.56 Å². The van der Waals surface area contributed by atoms with Gasteiger partial charge in [-0.25, -0.2) is 0 Å². The number of imide groups is 1. The highest BCUT2D eigenvalue weighted by Crippen LogP contribution is 2.30. The maximum absolute atomic E-state index is 12.9. The van der Waals surface area contributed by atoms with Crippen LogP contribution in [-0.2, 0) is 9.59 Å². The van der Waals surface area contributed by atoms with Crippen molar-refractivity contribution in [3.05, 3.63) is 41.6 Å². The number of benzene rings is 1. The van der Waals surface area contributed by atoms with Crippen LogP contribution in [0.25, 0.3) is 0 Å². The van der Waals surface area contributed by atoms with E-state index < -0.39 is 23.4 Å². The molecule has 1 saturated heterocycles. The summed E-state index contributed by atoms with van der Waals surface area (Å²) in [5.41, 5.74) is 4.90. The molecule has 0 aliphatic carbocycles. The molecule has 7 heteroatoms. The van der Waals surface area contributed by atoms with Crippen LogP contribution in [0.4, 0.5) is 5.69 Å². The number of hydrogen-bond acceptors (Lipinski definition) is 5. The average Bonchev–Trinajstić information content (AvgIpc) is 2.43. The molecule has 3 amide bonds. The van der Waals surface area contributed by atoms with E-state index >= 15 is 0 Å². The van der Waals surface area contributed by atoms with Crippen molar-refractivity contribution in [3.8, 4) is 0 Å². The second-order valence-electron chi connectivity index (χ2n) is 5.61. The number of carbonyl (C=O) groups is 3. The molecule has 1 unspecified atom stereocenters. The topological polar surface area (TPSA) is 113 Å². The highest BCUT2D eigenvalue weighted by atomic mass is 16.3. The van der Waals surface area contributed by atoms with E-state index in [1.165, 1.54) is 6.92 Å². The van der Waals surface area contributed by atoms with E-state index in [4.69, 9.17) is 5.73 Å². The maximum atomic E-state index is 12.9. The number of piperidine rings is 1. The number of hydrogen-bond donors (Lipinski definition) is 3. The monoisotopic (exact) mass is 317 g/mol. The molecule has 0 radical (unpaired) electrons. The first kappa shape index (κ1) is 16.7. The third-order valence-corrected chi connectivity index (χ3v) is 3.79. The first-order chi connectivity index (χ1) is 10.7. The van der Waals surface area contributed by atoms with Crippen molar-refractivity contribution in [3.63, 3.8) is 0 Å². The Hall–Kier alpha value is -2.67. The summed E-state index contributed by atoms with van der Waals surface area (Å²) in [7, 11) is 0. The molecule has 4 N–H and O–H groups in total. The molecule has 1 atom stereocenters. The molecule has 23 heavy (non-hydrogen) atoms. The summed E-state index contributed by atoms with van der Waals surface area (Å²) >= 11 is 0. The Morgan fingerprint density at radius 1 is 1.43 bits per heavy atom. The van der Waals surface area contributed by atoms with Crippen molar-refractivity contribution >= 4 is 23.4 Å². The number of carbonyl (C=O) groups excluding carboxylic acids is 3. The lowest BCUT2D eigenvalue weighted by molar-refractivity contribution is -0.164. The van der Waals surface area contributed by atoms with Crippen molar-refractivity contribution in [1.29, 1.82) is 0 Å². The molecule has 1 heterocycles. The van der Waals surface area contributed by atoms with Crippen LogP contribution in [0.15, 0.2) is 30.5 Å². The fourth-order valence-electron chi connectivity index (χ4n) is 2.66. The molecule has 0 spiro atoms. The normalized spacial score (nSPS) is 20.8. The number of amides is 3. The van der Waals surface area contributed by atoms with E-state index in [1.54, 1.807) is 25.1 Å². The number of aryl methyl sites for hydroxylation is 1. The Labute approximate surface area is 133 Å². The lowest BCUT2D eigenvalue weighted by atomic mass is 9.96. The minimum atomic E-state index is -2.18. The second-order valence-corrected chi connectivity index (χ2v) is 5.61. The van der Waals surface area contributed by atoms with Gasteiger partial charge in [0, 0.05) is 24.2 Å². The van der Waals surface area contributed by atoms with Gasteiger partial charge in [-0.3, -0.25) is 24.6 Å². The van der Waals surface area contributed by atoms with Gasteiger partial charge in [-0.2, -0.15) is 0 Å². The molecule has 7 nitrogen and oxygen atoms in total. The number of aliphatic hydroxyl groups is 1. The summed E-state index contributed by atoms with van der Waals surface area (Å²) in [6, 6.07) is 4.97. The van der Waals surface area contributed by atoms with Gasteiger partial charge in [0.25, 0.3) is 11.8 Å². The summed E-state index contributed by atoms with van der Waals surface area (Å²) in [5, 5.41) is 12.8. The van der Waals surface area contributed by atoms with Crippen LogP contribution in [0.1, 0.15) is 35.7 Å². The lowest BCUT2D eigenvalue weighted by Crippen LogP contribution is -2.63. The Kier molecular flexibility index (Phi) is 4.24. The molecule has 1 fully saturated rings. The molecular formula is C16H19N3O4. The molecule has 1 aliphatic rings. The highest BCUT2D eigenvalue weighted by Gasteiger charge is 2.49. The van der Waals surface area contributed by atoms with E-state index in [9.17, 15) is 19.5 Å². The fraction of sp³-hybridized carbons (Fsp3) is 0.312. The van der Waals surface area contributed by atoms with Gasteiger partial charge >= 0.3 is 0 Å². The van der Waals surface area contributed by atoms with E-state index in [0.29, 0.717) is 5.56 Å². The average molecular weight is 317 g/mol. The van der Waals surface area contributed by atoms with E-state index in [0.717, 1.165) is 4.90 Å². The number of anilines is 1. The van der Waals surface area contributed by atoms with Gasteiger partial charge in [0.2, 0.25) is 11.6 Å². The molecule has 0 bridgehead atoms. The van der Waals surface area contributed by atoms with Crippen molar-refractivity contribution in [1.82, 2.24) is 10.2 Å². The van der Waals surface area contributed by atoms with Gasteiger partial charge in [-0.05, 0) is 25.5 Å². The lowest BCUT2D eigenvalue weighted by Gasteiger charge is -2.40. The van der Waals surface area contributed by atoms with Crippen LogP contribution in [0.3, 0.4) is 0 Å². The van der Waals surface area contributed by atoms with Gasteiger partial charge in [-0.15, -0.1) is 0 Å². The first-order valence-corrected chi connectivity index (χ1v) is 7.10. The predicted octanol–water partition coefficient (Wildman–Crippen LogP) is 0.678. The summed E-state index contributed by atoms with van der Waals surface area (Å²) in [4.78, 5) is 37.3. The Balaban J connectivity index is 2.51. The second kappa shape index (κ2) is 5.85. The number of allylic oxidation sites excluding steroid dienone is 1. The van der Waals surface area contributed by atoms with Crippen molar-refractivity contribution in [2.75, 3.05) is 5.73 Å². The maximum Gasteiger partial charge on any atom is 0.280 e. The van der Waals surface area contributed by atoms with E-state index in [-0.39, 0.29) is 29.8 Å². The van der Waals surface area contributed by atoms with Crippen molar-refractivity contribution < 1.29 is 19.5 Å². The van der Waals surface area contributed by atoms with Crippen LogP contribution in [0.5, 0.6) is 0 Å². The number of rotatable bonds is 3. The van der Waals surface area contributed by atoms with Crippen molar-refractivity contribution in [2.24, 2.45) is 0 Å². The zero-order valence-corrected chi connectivity index (χ0v) is 13.0. The van der Waals surface area contributed by atoms with Crippen LogP contribution in [0.2, 0.25) is 0 Å². The molecule has 122 valence electrons. The zero-order valence-electron chi connectivity index (χ0n) is 13.0. The minimum absolute atomic E-state index is 0.0808. The zero-order chi connectivity index (χ0) is 17.4. The quantitative estimate of drug-likeness (QED) is 0.431. The van der Waals surface area contributed by atoms with Crippen LogP contribution in [-0.4, -0.2) is 33.5 Å². The predicted molar refractivity (Wildman–Crippen MR) is 83.9 cm³/mol. The molecule has 1 aromatic rings. The molecule has 1 aliphatic heterocycles. The molecule has 0 aromatic heterocycles. The Morgan fingerprint density at radius 3 is 2.61 bits per heavy atom.